The van der Waals surface area contributed by atoms with Crippen LogP contribution >= 0.6 is 0 Å². The summed E-state index contributed by atoms with van der Waals surface area (Å²) in [6, 6.07) is 12.1. The quantitative estimate of drug-likeness (QED) is 0.749. The molecule has 0 heterocycles. The third kappa shape index (κ3) is 6.29. The van der Waals surface area contributed by atoms with Crippen LogP contribution in [0.15, 0.2) is 48.5 Å². The van der Waals surface area contributed by atoms with Gasteiger partial charge in [-0.2, -0.15) is 0 Å². The molecule has 8 heteroatoms. The summed E-state index contributed by atoms with van der Waals surface area (Å²) in [5.74, 6) is -0.801. The van der Waals surface area contributed by atoms with E-state index in [1.165, 1.54) is 25.3 Å². The van der Waals surface area contributed by atoms with Crippen LogP contribution in [0.4, 0.5) is 13.2 Å². The molecule has 0 saturated heterocycles. The Kier molecular flexibility index (Phi) is 6.46. The Hall–Kier alpha value is -2.74. The van der Waals surface area contributed by atoms with E-state index in [0.29, 0.717) is 16.9 Å². The maximum absolute atomic E-state index is 12.2. The standard InChI is InChI=1S/C18H17F3O5/c1-24-16(10-17(22)23)13-5-7-14(8-6-13)25-11-12-3-2-4-15(9-12)26-18(19,20)21/h2-9,16H,10-11H2,1H3,(H,22,23). The molecule has 0 aliphatic heterocycles. The SMILES string of the molecule is COC(CC(=O)O)c1ccc(OCc2cccc(OC(F)(F)F)c2)cc1. The lowest BCUT2D eigenvalue weighted by Gasteiger charge is -2.14. The Balaban J connectivity index is 1.97. The van der Waals surface area contributed by atoms with Gasteiger partial charge in [-0.25, -0.2) is 0 Å². The van der Waals surface area contributed by atoms with Gasteiger partial charge in [0.2, 0.25) is 0 Å². The molecule has 2 rings (SSSR count). The first-order chi connectivity index (χ1) is 12.3. The Bertz CT molecular complexity index is 728. The monoisotopic (exact) mass is 370 g/mol. The van der Waals surface area contributed by atoms with Gasteiger partial charge in [-0.1, -0.05) is 24.3 Å². The third-order valence-electron chi connectivity index (χ3n) is 3.43. The first kappa shape index (κ1) is 19.6. The van der Waals surface area contributed by atoms with E-state index < -0.39 is 18.4 Å². The largest absolute Gasteiger partial charge is 0.573 e. The molecule has 0 fully saturated rings. The molecule has 0 radical (unpaired) electrons. The fourth-order valence-electron chi connectivity index (χ4n) is 2.27. The maximum atomic E-state index is 12.2. The summed E-state index contributed by atoms with van der Waals surface area (Å²) < 4.78 is 51.2. The van der Waals surface area contributed by atoms with Crippen LogP contribution in [0.25, 0.3) is 0 Å². The first-order valence-corrected chi connectivity index (χ1v) is 7.59. The minimum Gasteiger partial charge on any atom is -0.489 e. The molecule has 5 nitrogen and oxygen atoms in total. The van der Waals surface area contributed by atoms with Crippen LogP contribution in [0.3, 0.4) is 0 Å². The van der Waals surface area contributed by atoms with Gasteiger partial charge in [0, 0.05) is 7.11 Å². The van der Waals surface area contributed by atoms with Crippen LogP contribution in [-0.2, 0) is 16.1 Å². The van der Waals surface area contributed by atoms with E-state index in [-0.39, 0.29) is 18.8 Å². The summed E-state index contributed by atoms with van der Waals surface area (Å²) in [5.41, 5.74) is 1.19. The fourth-order valence-corrected chi connectivity index (χ4v) is 2.27. The number of hydrogen-bond acceptors (Lipinski definition) is 4. The van der Waals surface area contributed by atoms with Gasteiger partial charge in [-0.3, -0.25) is 4.79 Å². The van der Waals surface area contributed by atoms with Crippen molar-refractivity contribution in [3.63, 3.8) is 0 Å². The van der Waals surface area contributed by atoms with E-state index >= 15 is 0 Å². The van der Waals surface area contributed by atoms with Crippen LogP contribution in [0, 0.1) is 0 Å². The lowest BCUT2D eigenvalue weighted by Crippen LogP contribution is -2.17. The molecule has 0 aliphatic carbocycles. The molecule has 2 aromatic carbocycles. The highest BCUT2D eigenvalue weighted by Crippen LogP contribution is 2.25. The van der Waals surface area contributed by atoms with Crippen molar-refractivity contribution in [1.82, 2.24) is 0 Å². The lowest BCUT2D eigenvalue weighted by atomic mass is 10.1. The van der Waals surface area contributed by atoms with Gasteiger partial charge in [0.15, 0.2) is 0 Å². The number of halogens is 3. The second-order valence-corrected chi connectivity index (χ2v) is 5.38. The van der Waals surface area contributed by atoms with Crippen molar-refractivity contribution < 1.29 is 37.3 Å². The van der Waals surface area contributed by atoms with Gasteiger partial charge >= 0.3 is 12.3 Å². The molecule has 140 valence electrons. The summed E-state index contributed by atoms with van der Waals surface area (Å²) in [6.45, 7) is 0.0528. The maximum Gasteiger partial charge on any atom is 0.573 e. The number of carbonyl (C=O) groups is 1. The fraction of sp³-hybridized carbons (Fsp3) is 0.278. The number of aliphatic carboxylic acids is 1. The summed E-state index contributed by atoms with van der Waals surface area (Å²) in [4.78, 5) is 10.8. The molecule has 0 amide bonds. The summed E-state index contributed by atoms with van der Waals surface area (Å²) >= 11 is 0. The molecular formula is C18H17F3O5. The zero-order valence-electron chi connectivity index (χ0n) is 13.8. The van der Waals surface area contributed by atoms with Crippen LogP contribution in [0.1, 0.15) is 23.7 Å². The number of carboxylic acids is 1. The van der Waals surface area contributed by atoms with Crippen molar-refractivity contribution in [1.29, 1.82) is 0 Å². The van der Waals surface area contributed by atoms with Crippen molar-refractivity contribution in [3.8, 4) is 11.5 Å². The topological polar surface area (TPSA) is 65.0 Å². The molecule has 0 bridgehead atoms. The number of alkyl halides is 3. The van der Waals surface area contributed by atoms with Gasteiger partial charge in [0.25, 0.3) is 0 Å². The normalized spacial score (nSPS) is 12.5. The van der Waals surface area contributed by atoms with Crippen LogP contribution in [-0.4, -0.2) is 24.5 Å². The molecule has 0 spiro atoms. The first-order valence-electron chi connectivity index (χ1n) is 7.59. The molecule has 1 unspecified atom stereocenters. The van der Waals surface area contributed by atoms with E-state index in [1.807, 2.05) is 0 Å². The minimum absolute atomic E-state index is 0.0528. The number of benzene rings is 2. The van der Waals surface area contributed by atoms with Gasteiger partial charge in [0.1, 0.15) is 18.1 Å². The average Bonchev–Trinajstić information content (AvgIpc) is 2.57. The molecule has 26 heavy (non-hydrogen) atoms. The summed E-state index contributed by atoms with van der Waals surface area (Å²) in [6.07, 6.45) is -5.48. The lowest BCUT2D eigenvalue weighted by molar-refractivity contribution is -0.274. The van der Waals surface area contributed by atoms with Crippen molar-refractivity contribution >= 4 is 5.97 Å². The van der Waals surface area contributed by atoms with Gasteiger partial charge in [0.05, 0.1) is 12.5 Å². The van der Waals surface area contributed by atoms with Crippen molar-refractivity contribution in [2.45, 2.75) is 25.5 Å². The van der Waals surface area contributed by atoms with E-state index in [2.05, 4.69) is 4.74 Å². The molecule has 1 N–H and O–H groups in total. The number of hydrogen-bond donors (Lipinski definition) is 1. The molecule has 1 atom stereocenters. The predicted molar refractivity (Wildman–Crippen MR) is 85.9 cm³/mol. The molecule has 0 aliphatic rings. The van der Waals surface area contributed by atoms with Crippen molar-refractivity contribution in [2.24, 2.45) is 0 Å². The average molecular weight is 370 g/mol. The van der Waals surface area contributed by atoms with Gasteiger partial charge in [-0.05, 0) is 35.4 Å². The molecule has 0 saturated carbocycles. The van der Waals surface area contributed by atoms with E-state index in [1.54, 1.807) is 30.3 Å². The summed E-state index contributed by atoms with van der Waals surface area (Å²) in [7, 11) is 1.42. The van der Waals surface area contributed by atoms with E-state index in [4.69, 9.17) is 14.6 Å². The van der Waals surface area contributed by atoms with Crippen molar-refractivity contribution in [3.05, 3.63) is 59.7 Å². The molecule has 0 aromatic heterocycles. The highest BCUT2D eigenvalue weighted by atomic mass is 19.4. The zero-order valence-corrected chi connectivity index (χ0v) is 13.8. The number of methoxy groups -OCH3 is 1. The highest BCUT2D eigenvalue weighted by molar-refractivity contribution is 5.67. The Labute approximate surface area is 147 Å². The Morgan fingerprint density at radius 2 is 1.81 bits per heavy atom. The second-order valence-electron chi connectivity index (χ2n) is 5.38. The minimum atomic E-state index is -4.75. The zero-order chi connectivity index (χ0) is 19.2. The molecular weight excluding hydrogens is 353 g/mol. The van der Waals surface area contributed by atoms with Gasteiger partial charge < -0.3 is 19.3 Å². The highest BCUT2D eigenvalue weighted by Gasteiger charge is 2.31. The Morgan fingerprint density at radius 3 is 2.38 bits per heavy atom. The predicted octanol–water partition coefficient (Wildman–Crippen LogP) is 4.33. The number of ether oxygens (including phenoxy) is 3. The van der Waals surface area contributed by atoms with Crippen LogP contribution in [0.5, 0.6) is 11.5 Å². The second kappa shape index (κ2) is 8.57. The van der Waals surface area contributed by atoms with Crippen LogP contribution in [0.2, 0.25) is 0 Å². The third-order valence-corrected chi connectivity index (χ3v) is 3.43. The Morgan fingerprint density at radius 1 is 1.12 bits per heavy atom. The summed E-state index contributed by atoms with van der Waals surface area (Å²) in [5, 5.41) is 8.85. The van der Waals surface area contributed by atoms with Crippen molar-refractivity contribution in [2.75, 3.05) is 7.11 Å². The smallest absolute Gasteiger partial charge is 0.489 e. The van der Waals surface area contributed by atoms with Crippen LogP contribution < -0.4 is 9.47 Å². The van der Waals surface area contributed by atoms with Gasteiger partial charge in [-0.15, -0.1) is 13.2 Å². The van der Waals surface area contributed by atoms with E-state index in [9.17, 15) is 18.0 Å². The number of rotatable bonds is 8. The number of carboxylic acid groups (broad SMARTS) is 1. The van der Waals surface area contributed by atoms with E-state index in [0.717, 1.165) is 0 Å². The molecule has 2 aromatic rings.